The molecule has 0 amide bonds. The number of aromatic nitrogens is 2. The third-order valence-electron chi connectivity index (χ3n) is 2.23. The Kier molecular flexibility index (Phi) is 2.33. The molecule has 4 heteroatoms. The zero-order valence-corrected chi connectivity index (χ0v) is 8.64. The minimum Gasteiger partial charge on any atom is -0.312 e. The van der Waals surface area contributed by atoms with E-state index in [9.17, 15) is 0 Å². The maximum atomic E-state index is 4.53. The molecule has 0 radical (unpaired) electrons. The lowest BCUT2D eigenvalue weighted by molar-refractivity contribution is 0.564. The van der Waals surface area contributed by atoms with Crippen molar-refractivity contribution < 1.29 is 0 Å². The first kappa shape index (κ1) is 8.72. The van der Waals surface area contributed by atoms with Gasteiger partial charge in [-0.1, -0.05) is 6.92 Å². The molecule has 0 aliphatic carbocycles. The second-order valence-electron chi connectivity index (χ2n) is 3.01. The standard InChI is InChI=1S/C9H13N3S/c1-3-7(10-2)8-6-12-4-5-13-9(12)11-8/h4-7,10H,3H2,1-2H3. The van der Waals surface area contributed by atoms with Crippen molar-refractivity contribution in [3.8, 4) is 0 Å². The van der Waals surface area contributed by atoms with Crippen molar-refractivity contribution in [2.45, 2.75) is 19.4 Å². The lowest BCUT2D eigenvalue weighted by Crippen LogP contribution is -2.15. The van der Waals surface area contributed by atoms with E-state index >= 15 is 0 Å². The number of hydrogen-bond acceptors (Lipinski definition) is 3. The Morgan fingerprint density at radius 3 is 3.15 bits per heavy atom. The van der Waals surface area contributed by atoms with E-state index in [1.54, 1.807) is 11.3 Å². The molecule has 2 rings (SSSR count). The minimum atomic E-state index is 0.382. The van der Waals surface area contributed by atoms with Gasteiger partial charge in [-0.15, -0.1) is 11.3 Å². The summed E-state index contributed by atoms with van der Waals surface area (Å²) in [6, 6.07) is 0.382. The quantitative estimate of drug-likeness (QED) is 0.812. The van der Waals surface area contributed by atoms with Gasteiger partial charge in [0.25, 0.3) is 0 Å². The molecule has 0 fully saturated rings. The van der Waals surface area contributed by atoms with Crippen LogP contribution in [-0.4, -0.2) is 16.4 Å². The van der Waals surface area contributed by atoms with Crippen molar-refractivity contribution in [2.24, 2.45) is 0 Å². The van der Waals surface area contributed by atoms with Crippen LogP contribution < -0.4 is 5.32 Å². The summed E-state index contributed by atoms with van der Waals surface area (Å²) < 4.78 is 2.07. The molecule has 1 unspecified atom stereocenters. The van der Waals surface area contributed by atoms with E-state index < -0.39 is 0 Å². The second-order valence-corrected chi connectivity index (χ2v) is 3.88. The molecule has 0 aliphatic rings. The van der Waals surface area contributed by atoms with Gasteiger partial charge in [0.05, 0.1) is 11.7 Å². The van der Waals surface area contributed by atoms with Crippen molar-refractivity contribution in [3.63, 3.8) is 0 Å². The Morgan fingerprint density at radius 2 is 2.54 bits per heavy atom. The van der Waals surface area contributed by atoms with Crippen LogP contribution in [0.2, 0.25) is 0 Å². The summed E-state index contributed by atoms with van der Waals surface area (Å²) in [5, 5.41) is 5.30. The molecule has 0 saturated carbocycles. The number of thiazole rings is 1. The molecular weight excluding hydrogens is 182 g/mol. The molecule has 2 heterocycles. The SMILES string of the molecule is CCC(NC)c1cn2ccsc2n1. The molecule has 1 atom stereocenters. The van der Waals surface area contributed by atoms with Gasteiger partial charge in [0, 0.05) is 17.8 Å². The highest BCUT2D eigenvalue weighted by molar-refractivity contribution is 7.15. The summed E-state index contributed by atoms with van der Waals surface area (Å²) in [6.07, 6.45) is 5.21. The van der Waals surface area contributed by atoms with Gasteiger partial charge in [-0.05, 0) is 13.5 Å². The van der Waals surface area contributed by atoms with Crippen LogP contribution in [0.4, 0.5) is 0 Å². The van der Waals surface area contributed by atoms with Gasteiger partial charge in [-0.2, -0.15) is 0 Å². The number of nitrogens with one attached hydrogen (secondary N) is 1. The van der Waals surface area contributed by atoms with Crippen molar-refractivity contribution >= 4 is 16.3 Å². The highest BCUT2D eigenvalue weighted by Gasteiger charge is 2.10. The Balaban J connectivity index is 2.37. The number of rotatable bonds is 3. The molecule has 0 aromatic carbocycles. The number of hydrogen-bond donors (Lipinski definition) is 1. The van der Waals surface area contributed by atoms with E-state index in [0.717, 1.165) is 17.1 Å². The van der Waals surface area contributed by atoms with Gasteiger partial charge >= 0.3 is 0 Å². The number of fused-ring (bicyclic) bond motifs is 1. The summed E-state index contributed by atoms with van der Waals surface area (Å²) in [7, 11) is 1.97. The molecular formula is C9H13N3S. The monoisotopic (exact) mass is 195 g/mol. The molecule has 1 N–H and O–H groups in total. The molecule has 0 spiro atoms. The lowest BCUT2D eigenvalue weighted by Gasteiger charge is -2.09. The molecule has 70 valence electrons. The van der Waals surface area contributed by atoms with Crippen LogP contribution in [-0.2, 0) is 0 Å². The average Bonchev–Trinajstić information content (AvgIpc) is 2.65. The van der Waals surface area contributed by atoms with Crippen LogP contribution in [0.5, 0.6) is 0 Å². The largest absolute Gasteiger partial charge is 0.312 e. The predicted molar refractivity (Wildman–Crippen MR) is 55.2 cm³/mol. The maximum Gasteiger partial charge on any atom is 0.193 e. The van der Waals surface area contributed by atoms with E-state index in [2.05, 4.69) is 27.8 Å². The average molecular weight is 195 g/mol. The van der Waals surface area contributed by atoms with Gasteiger partial charge in [0.2, 0.25) is 0 Å². The van der Waals surface area contributed by atoms with E-state index in [1.165, 1.54) is 0 Å². The summed E-state index contributed by atoms with van der Waals surface area (Å²) in [4.78, 5) is 5.61. The third kappa shape index (κ3) is 1.47. The predicted octanol–water partition coefficient (Wildman–Crippen LogP) is 2.07. The van der Waals surface area contributed by atoms with E-state index in [0.29, 0.717) is 6.04 Å². The lowest BCUT2D eigenvalue weighted by atomic mass is 10.2. The first-order valence-electron chi connectivity index (χ1n) is 4.44. The third-order valence-corrected chi connectivity index (χ3v) is 3.00. The Labute approximate surface area is 81.4 Å². The first-order chi connectivity index (χ1) is 6.35. The fourth-order valence-corrected chi connectivity index (χ4v) is 2.18. The highest BCUT2D eigenvalue weighted by atomic mass is 32.1. The van der Waals surface area contributed by atoms with Crippen molar-refractivity contribution in [2.75, 3.05) is 7.05 Å². The maximum absolute atomic E-state index is 4.53. The summed E-state index contributed by atoms with van der Waals surface area (Å²) in [6.45, 7) is 2.16. The first-order valence-corrected chi connectivity index (χ1v) is 5.32. The van der Waals surface area contributed by atoms with Crippen LogP contribution in [0.25, 0.3) is 4.96 Å². The van der Waals surface area contributed by atoms with Gasteiger partial charge < -0.3 is 5.32 Å². The van der Waals surface area contributed by atoms with Crippen molar-refractivity contribution in [3.05, 3.63) is 23.5 Å². The summed E-state index contributed by atoms with van der Waals surface area (Å²) >= 11 is 1.67. The molecule has 2 aromatic heterocycles. The smallest absolute Gasteiger partial charge is 0.193 e. The fraction of sp³-hybridized carbons (Fsp3) is 0.444. The molecule has 3 nitrogen and oxygen atoms in total. The molecule has 13 heavy (non-hydrogen) atoms. The van der Waals surface area contributed by atoms with Gasteiger partial charge in [0.15, 0.2) is 4.96 Å². The van der Waals surface area contributed by atoms with Crippen molar-refractivity contribution in [1.29, 1.82) is 0 Å². The molecule has 2 aromatic rings. The van der Waals surface area contributed by atoms with Gasteiger partial charge in [-0.25, -0.2) is 4.98 Å². The van der Waals surface area contributed by atoms with E-state index in [-0.39, 0.29) is 0 Å². The molecule has 0 bridgehead atoms. The Morgan fingerprint density at radius 1 is 1.69 bits per heavy atom. The molecule has 0 aliphatic heterocycles. The second kappa shape index (κ2) is 3.47. The number of nitrogens with zero attached hydrogens (tertiary/aromatic N) is 2. The number of imidazole rings is 1. The van der Waals surface area contributed by atoms with Crippen LogP contribution >= 0.6 is 11.3 Å². The highest BCUT2D eigenvalue weighted by Crippen LogP contribution is 2.18. The zero-order chi connectivity index (χ0) is 9.26. The summed E-state index contributed by atoms with van der Waals surface area (Å²) in [5.41, 5.74) is 1.14. The van der Waals surface area contributed by atoms with Crippen LogP contribution in [0.3, 0.4) is 0 Å². The van der Waals surface area contributed by atoms with Gasteiger partial charge in [-0.3, -0.25) is 4.40 Å². The normalized spacial score (nSPS) is 13.7. The topological polar surface area (TPSA) is 29.3 Å². The van der Waals surface area contributed by atoms with E-state index in [1.807, 2.05) is 18.6 Å². The van der Waals surface area contributed by atoms with Crippen LogP contribution in [0.1, 0.15) is 25.1 Å². The summed E-state index contributed by atoms with van der Waals surface area (Å²) in [5.74, 6) is 0. The van der Waals surface area contributed by atoms with E-state index in [4.69, 9.17) is 0 Å². The minimum absolute atomic E-state index is 0.382. The van der Waals surface area contributed by atoms with Gasteiger partial charge in [0.1, 0.15) is 0 Å². The van der Waals surface area contributed by atoms with Crippen LogP contribution in [0.15, 0.2) is 17.8 Å². The van der Waals surface area contributed by atoms with Crippen LogP contribution in [0, 0.1) is 0 Å². The fourth-order valence-electron chi connectivity index (χ4n) is 1.47. The Bertz CT molecular complexity index is 358. The Hall–Kier alpha value is -0.870. The molecule has 0 saturated heterocycles. The zero-order valence-electron chi connectivity index (χ0n) is 7.82. The van der Waals surface area contributed by atoms with Crippen molar-refractivity contribution in [1.82, 2.24) is 14.7 Å².